The van der Waals surface area contributed by atoms with E-state index in [2.05, 4.69) is 11.0 Å². The Labute approximate surface area is 135 Å². The first kappa shape index (κ1) is 16.6. The third kappa shape index (κ3) is 3.69. The number of amides is 1. The largest absolute Gasteiger partial charge is 0.465 e. The maximum Gasteiger partial charge on any atom is 0.407 e. The smallest absolute Gasteiger partial charge is 0.407 e. The quantitative estimate of drug-likeness (QED) is 0.893. The molecule has 0 radical (unpaired) electrons. The lowest BCUT2D eigenvalue weighted by molar-refractivity contribution is -0.133. The first-order chi connectivity index (χ1) is 10.1. The number of carboxylic acid groups (broad SMARTS) is 1. The first-order valence-corrected chi connectivity index (χ1v) is 6.99. The molecule has 2 bridgehead atoms. The van der Waals surface area contributed by atoms with Crippen molar-refractivity contribution in [2.75, 3.05) is 26.2 Å². The van der Waals surface area contributed by atoms with Crippen LogP contribution >= 0.6 is 12.4 Å². The van der Waals surface area contributed by atoms with Gasteiger partial charge in [-0.25, -0.2) is 4.79 Å². The number of rotatable bonds is 2. The summed E-state index contributed by atoms with van der Waals surface area (Å²) in [6.45, 7) is 3.15. The van der Waals surface area contributed by atoms with Crippen LogP contribution in [-0.4, -0.2) is 59.4 Å². The van der Waals surface area contributed by atoms with Gasteiger partial charge >= 0.3 is 6.09 Å². The number of morpholine rings is 2. The molecule has 2 saturated heterocycles. The van der Waals surface area contributed by atoms with Crippen LogP contribution in [-0.2, 0) is 11.3 Å². The van der Waals surface area contributed by atoms with E-state index in [1.54, 1.807) is 0 Å². The van der Waals surface area contributed by atoms with Crippen LogP contribution in [0.2, 0.25) is 0 Å². The van der Waals surface area contributed by atoms with Gasteiger partial charge in [0.25, 0.3) is 0 Å². The van der Waals surface area contributed by atoms with Gasteiger partial charge in [0.05, 0.1) is 36.9 Å². The summed E-state index contributed by atoms with van der Waals surface area (Å²) in [4.78, 5) is 14.8. The van der Waals surface area contributed by atoms with E-state index in [0.29, 0.717) is 18.7 Å². The van der Waals surface area contributed by atoms with Gasteiger partial charge in [0.2, 0.25) is 0 Å². The van der Waals surface area contributed by atoms with Gasteiger partial charge in [0.15, 0.2) is 0 Å². The number of hydrogen-bond acceptors (Lipinski definition) is 4. The van der Waals surface area contributed by atoms with E-state index in [0.717, 1.165) is 25.2 Å². The summed E-state index contributed by atoms with van der Waals surface area (Å²) in [5, 5.41) is 17.9. The van der Waals surface area contributed by atoms with Crippen molar-refractivity contribution in [1.29, 1.82) is 5.26 Å². The molecule has 1 aromatic rings. The minimum absolute atomic E-state index is 0. The summed E-state index contributed by atoms with van der Waals surface area (Å²) >= 11 is 0. The average molecular weight is 324 g/mol. The fourth-order valence-electron chi connectivity index (χ4n) is 3.00. The Bertz CT molecular complexity index is 558. The van der Waals surface area contributed by atoms with Crippen LogP contribution in [0.3, 0.4) is 0 Å². The molecule has 2 aliphatic heterocycles. The maximum atomic E-state index is 11.0. The molecule has 22 heavy (non-hydrogen) atoms. The molecule has 118 valence electrons. The molecule has 7 heteroatoms. The molecule has 1 N–H and O–H groups in total. The highest BCUT2D eigenvalue weighted by atomic mass is 35.5. The highest BCUT2D eigenvalue weighted by Crippen LogP contribution is 2.21. The van der Waals surface area contributed by atoms with Crippen molar-refractivity contribution in [3.63, 3.8) is 0 Å². The molecule has 0 spiro atoms. The topological polar surface area (TPSA) is 76.8 Å². The number of nitriles is 1. The molecule has 0 aliphatic carbocycles. The van der Waals surface area contributed by atoms with Crippen molar-refractivity contribution in [3.05, 3.63) is 35.4 Å². The summed E-state index contributed by atoms with van der Waals surface area (Å²) in [7, 11) is 0. The lowest BCUT2D eigenvalue weighted by atomic mass is 10.1. The zero-order chi connectivity index (χ0) is 14.8. The van der Waals surface area contributed by atoms with E-state index >= 15 is 0 Å². The van der Waals surface area contributed by atoms with Crippen LogP contribution in [0, 0.1) is 11.3 Å². The highest BCUT2D eigenvalue weighted by Gasteiger charge is 2.36. The number of carbonyl (C=O) groups is 1. The van der Waals surface area contributed by atoms with Gasteiger partial charge < -0.3 is 14.7 Å². The summed E-state index contributed by atoms with van der Waals surface area (Å²) in [5.41, 5.74) is 1.82. The van der Waals surface area contributed by atoms with Crippen molar-refractivity contribution in [2.45, 2.75) is 18.8 Å². The number of ether oxygens (including phenoxy) is 1. The Balaban J connectivity index is 0.00000176. The third-order valence-electron chi connectivity index (χ3n) is 3.92. The van der Waals surface area contributed by atoms with Crippen LogP contribution in [0.15, 0.2) is 24.3 Å². The third-order valence-corrected chi connectivity index (χ3v) is 3.92. The lowest BCUT2D eigenvalue weighted by Crippen LogP contribution is -2.60. The predicted molar refractivity (Wildman–Crippen MR) is 81.9 cm³/mol. The monoisotopic (exact) mass is 323 g/mol. The van der Waals surface area contributed by atoms with Gasteiger partial charge in [-0.2, -0.15) is 5.26 Å². The number of nitrogens with zero attached hydrogens (tertiary/aromatic N) is 3. The van der Waals surface area contributed by atoms with Gasteiger partial charge in [0, 0.05) is 19.6 Å². The second-order valence-corrected chi connectivity index (χ2v) is 5.57. The minimum Gasteiger partial charge on any atom is -0.465 e. The van der Waals surface area contributed by atoms with Gasteiger partial charge in [-0.1, -0.05) is 12.1 Å². The van der Waals surface area contributed by atoms with E-state index in [4.69, 9.17) is 15.1 Å². The van der Waals surface area contributed by atoms with Gasteiger partial charge in [-0.3, -0.25) is 4.90 Å². The lowest BCUT2D eigenvalue weighted by Gasteiger charge is -2.45. The molecule has 2 aliphatic rings. The Morgan fingerprint density at radius 2 is 1.82 bits per heavy atom. The van der Waals surface area contributed by atoms with Crippen LogP contribution < -0.4 is 0 Å². The minimum atomic E-state index is -0.867. The average Bonchev–Trinajstić information content (AvgIpc) is 2.47. The van der Waals surface area contributed by atoms with Gasteiger partial charge in [-0.15, -0.1) is 12.4 Å². The summed E-state index contributed by atoms with van der Waals surface area (Å²) in [6.07, 6.45) is -0.965. The number of hydrogen-bond donors (Lipinski definition) is 1. The second-order valence-electron chi connectivity index (χ2n) is 5.57. The highest BCUT2D eigenvalue weighted by molar-refractivity contribution is 5.85. The molecule has 2 unspecified atom stereocenters. The Morgan fingerprint density at radius 3 is 2.32 bits per heavy atom. The van der Waals surface area contributed by atoms with Gasteiger partial charge in [-0.05, 0) is 17.7 Å². The van der Waals surface area contributed by atoms with Crippen molar-refractivity contribution in [2.24, 2.45) is 0 Å². The molecule has 0 aromatic heterocycles. The normalized spacial score (nSPS) is 24.2. The van der Waals surface area contributed by atoms with Crippen molar-refractivity contribution in [1.82, 2.24) is 9.80 Å². The van der Waals surface area contributed by atoms with E-state index in [1.165, 1.54) is 4.90 Å². The van der Waals surface area contributed by atoms with E-state index < -0.39 is 6.09 Å². The van der Waals surface area contributed by atoms with Crippen molar-refractivity contribution in [3.8, 4) is 6.07 Å². The van der Waals surface area contributed by atoms with E-state index in [-0.39, 0.29) is 24.6 Å². The summed E-state index contributed by atoms with van der Waals surface area (Å²) in [6, 6.07) is 9.69. The zero-order valence-corrected chi connectivity index (χ0v) is 12.8. The molecular formula is C15H18ClN3O3. The predicted octanol–water partition coefficient (Wildman–Crippen LogP) is 1.54. The molecule has 2 atom stereocenters. The number of halogens is 1. The van der Waals surface area contributed by atoms with Crippen LogP contribution in [0.1, 0.15) is 11.1 Å². The fourth-order valence-corrected chi connectivity index (χ4v) is 3.00. The zero-order valence-electron chi connectivity index (χ0n) is 12.0. The molecule has 1 aromatic carbocycles. The fraction of sp³-hybridized carbons (Fsp3) is 0.467. The standard InChI is InChI=1S/C15H17N3O3.ClH/c16-5-11-1-3-12(4-2-11)6-17-7-13-9-18(15(19)20)10-14(8-17)21-13;/h1-4,13-14H,6-10H2,(H,19,20);1H. The second kappa shape index (κ2) is 6.97. The molecule has 0 saturated carbocycles. The Kier molecular flexibility index (Phi) is 5.24. The Hall–Kier alpha value is -1.81. The molecule has 2 heterocycles. The van der Waals surface area contributed by atoms with E-state index in [1.807, 2.05) is 24.3 Å². The van der Waals surface area contributed by atoms with Crippen LogP contribution in [0.4, 0.5) is 4.79 Å². The van der Waals surface area contributed by atoms with E-state index in [9.17, 15) is 4.79 Å². The molecule has 6 nitrogen and oxygen atoms in total. The molecular weight excluding hydrogens is 306 g/mol. The van der Waals surface area contributed by atoms with Crippen LogP contribution in [0.25, 0.3) is 0 Å². The van der Waals surface area contributed by atoms with Gasteiger partial charge in [0.1, 0.15) is 0 Å². The maximum absolute atomic E-state index is 11.0. The summed E-state index contributed by atoms with van der Waals surface area (Å²) < 4.78 is 5.82. The number of benzene rings is 1. The van der Waals surface area contributed by atoms with Crippen molar-refractivity contribution >= 4 is 18.5 Å². The number of fused-ring (bicyclic) bond motifs is 2. The van der Waals surface area contributed by atoms with Crippen molar-refractivity contribution < 1.29 is 14.6 Å². The molecule has 2 fully saturated rings. The SMILES string of the molecule is Cl.N#Cc1ccc(CN2CC3CN(C(=O)O)CC(C2)O3)cc1. The first-order valence-electron chi connectivity index (χ1n) is 6.99. The van der Waals surface area contributed by atoms with Crippen LogP contribution in [0.5, 0.6) is 0 Å². The summed E-state index contributed by atoms with van der Waals surface area (Å²) in [5.74, 6) is 0. The molecule has 3 rings (SSSR count). The molecule has 1 amide bonds. The Morgan fingerprint density at radius 1 is 1.23 bits per heavy atom.